The zero-order chi connectivity index (χ0) is 54.0. The van der Waals surface area contributed by atoms with Crippen molar-refractivity contribution in [2.45, 2.75) is 25.9 Å². The molecule has 0 saturated heterocycles. The maximum absolute atomic E-state index is 14.1. The van der Waals surface area contributed by atoms with Crippen molar-refractivity contribution < 1.29 is 10.0 Å². The van der Waals surface area contributed by atoms with Crippen LogP contribution < -0.4 is 49.8 Å². The van der Waals surface area contributed by atoms with Crippen molar-refractivity contribution in [3.8, 4) is 22.5 Å². The number of aromatic amines is 2. The molecule has 22 heteroatoms. The quantitative estimate of drug-likeness (QED) is 0.0495. The Morgan fingerprint density at radius 1 is 0.618 bits per heavy atom. The summed E-state index contributed by atoms with van der Waals surface area (Å²) in [6, 6.07) is 38.4. The normalized spacial score (nSPS) is 11.4. The van der Waals surface area contributed by atoms with Gasteiger partial charge in [-0.2, -0.15) is 0 Å². The molecule has 0 aliphatic rings. The van der Waals surface area contributed by atoms with Gasteiger partial charge < -0.3 is 42.1 Å². The highest BCUT2D eigenvalue weighted by Crippen LogP contribution is 2.33. The number of halogens is 1. The van der Waals surface area contributed by atoms with Crippen LogP contribution in [0.3, 0.4) is 0 Å². The highest BCUT2D eigenvalue weighted by atomic mass is 35.5. The minimum Gasteiger partial charge on any atom is -0.423 e. The summed E-state index contributed by atoms with van der Waals surface area (Å²) in [4.78, 5) is 78.0. The van der Waals surface area contributed by atoms with Crippen molar-refractivity contribution in [1.82, 2.24) is 39.0 Å². The Bertz CT molecular complexity index is 4100. The van der Waals surface area contributed by atoms with Crippen LogP contribution in [-0.4, -0.2) is 56.2 Å². The molecule has 10 aromatic rings. The van der Waals surface area contributed by atoms with Gasteiger partial charge in [0, 0.05) is 59.7 Å². The third-order valence-corrected chi connectivity index (χ3v) is 12.0. The summed E-state index contributed by atoms with van der Waals surface area (Å²) >= 11 is 6.35. The van der Waals surface area contributed by atoms with Gasteiger partial charge in [-0.3, -0.25) is 28.3 Å². The first-order chi connectivity index (χ1) is 36.6. The van der Waals surface area contributed by atoms with E-state index in [0.717, 1.165) is 16.8 Å². The molecular weight excluding hydrogens is 987 g/mol. The third-order valence-electron chi connectivity index (χ3n) is 11.7. The van der Waals surface area contributed by atoms with Crippen LogP contribution in [-0.2, 0) is 0 Å². The fraction of sp³-hybridized carbons (Fsp3) is 0.0741. The van der Waals surface area contributed by atoms with Crippen LogP contribution in [0.1, 0.15) is 37.3 Å². The number of aromatic nitrogens is 8. The van der Waals surface area contributed by atoms with Crippen molar-refractivity contribution in [1.29, 1.82) is 0 Å². The van der Waals surface area contributed by atoms with Gasteiger partial charge in [-0.25, -0.2) is 29.6 Å². The van der Waals surface area contributed by atoms with Crippen LogP contribution in [0.2, 0.25) is 5.02 Å². The first-order valence-corrected chi connectivity index (χ1v) is 23.4. The third kappa shape index (κ3) is 11.5. The van der Waals surface area contributed by atoms with Crippen LogP contribution in [0.5, 0.6) is 0 Å². The first kappa shape index (κ1) is 52.1. The average molecular weight is 1030 g/mol. The summed E-state index contributed by atoms with van der Waals surface area (Å²) in [5.41, 5.74) is 15.1. The summed E-state index contributed by atoms with van der Waals surface area (Å²) in [6.07, 6.45) is 5.66. The van der Waals surface area contributed by atoms with E-state index < -0.39 is 13.2 Å². The fourth-order valence-corrected chi connectivity index (χ4v) is 8.50. The van der Waals surface area contributed by atoms with Crippen LogP contribution in [0.25, 0.3) is 53.7 Å². The molecule has 20 nitrogen and oxygen atoms in total. The van der Waals surface area contributed by atoms with E-state index in [0.29, 0.717) is 55.5 Å². The Morgan fingerprint density at radius 3 is 1.57 bits per heavy atom. The van der Waals surface area contributed by atoms with E-state index in [9.17, 15) is 19.2 Å². The SMILES string of the molecule is O=c1cc(B(O)O)cc[nH]1.[C-]#[N+]c1cnc(N)nc1N[C@@H](C)c1cc2cccc(-c3cc[nH]c(=O)c3)c2c(=O)n1-c1ccccc1.[C-]#[N+]c1cnc(N)nc1N[C@@H](C)c1cc2cccc(Cl)c2c(=O)n1-c1ccccc1. The van der Waals surface area contributed by atoms with E-state index in [-0.39, 0.29) is 62.8 Å². The van der Waals surface area contributed by atoms with Crippen molar-refractivity contribution in [3.63, 3.8) is 0 Å². The van der Waals surface area contributed by atoms with E-state index in [1.54, 1.807) is 33.5 Å². The number of anilines is 4. The highest BCUT2D eigenvalue weighted by Gasteiger charge is 2.22. The molecule has 0 aliphatic carbocycles. The van der Waals surface area contributed by atoms with Crippen molar-refractivity contribution in [2.24, 2.45) is 0 Å². The van der Waals surface area contributed by atoms with Gasteiger partial charge in [-0.05, 0) is 95.8 Å². The Labute approximate surface area is 437 Å². The lowest BCUT2D eigenvalue weighted by Gasteiger charge is -2.22. The Kier molecular flexibility index (Phi) is 15.9. The number of nitrogens with two attached hydrogens (primary N) is 2. The number of hydrogen-bond donors (Lipinski definition) is 8. The average Bonchev–Trinajstić information content (AvgIpc) is 3.42. The first-order valence-electron chi connectivity index (χ1n) is 23.1. The van der Waals surface area contributed by atoms with Crippen LogP contribution in [0.4, 0.5) is 34.9 Å². The number of para-hydroxylation sites is 2. The standard InChI is InChI=1S/C27H21N7O2.C22H17ClN6O.C5H6BNO3/c1-16(32-25-21(29-2)15-31-27(28)33-25)22-13-18-7-6-10-20(17-11-12-30-23(35)14-17)24(18)26(36)34(22)19-8-4-3-5-9-19;1-13(27-20-17(25-2)12-26-22(24)28-20)18-11-14-7-6-10-16(23)19(14)21(30)29(18)15-8-4-3-5-9-15;8-5-3-4(6(9)10)1-2-7-5/h3-16H,1H3,(H,30,35)(H3,28,31,32,33);3-13H,1H3,(H3,24,26,27,28);1-3,9-10H,(H,7,8)/t16-;13-;/m00./s1. The van der Waals surface area contributed by atoms with Gasteiger partial charge in [0.2, 0.25) is 34.4 Å². The van der Waals surface area contributed by atoms with E-state index in [2.05, 4.69) is 50.2 Å². The van der Waals surface area contributed by atoms with E-state index >= 15 is 0 Å². The minimum atomic E-state index is -1.57. The predicted molar refractivity (Wildman–Crippen MR) is 297 cm³/mol. The maximum atomic E-state index is 14.1. The van der Waals surface area contributed by atoms with Gasteiger partial charge in [0.05, 0.1) is 41.0 Å². The fourth-order valence-electron chi connectivity index (χ4n) is 8.23. The van der Waals surface area contributed by atoms with Crippen LogP contribution in [0.15, 0.2) is 177 Å². The number of nitrogens with zero attached hydrogens (tertiary/aromatic N) is 8. The molecule has 6 aromatic heterocycles. The van der Waals surface area contributed by atoms with Gasteiger partial charge in [0.15, 0.2) is 0 Å². The topological polar surface area (TPSA) is 287 Å². The molecule has 376 valence electrons. The molecule has 6 heterocycles. The van der Waals surface area contributed by atoms with Gasteiger partial charge >= 0.3 is 7.12 Å². The molecule has 0 unspecified atom stereocenters. The molecule has 10 rings (SSSR count). The van der Waals surface area contributed by atoms with Gasteiger partial charge in [-0.1, -0.05) is 78.3 Å². The molecule has 0 aliphatic heterocycles. The molecule has 4 aromatic carbocycles. The molecular formula is C54H44BClN14O6. The number of rotatable bonds is 10. The summed E-state index contributed by atoms with van der Waals surface area (Å²) < 4.78 is 3.26. The lowest BCUT2D eigenvalue weighted by Crippen LogP contribution is -2.32. The lowest BCUT2D eigenvalue weighted by atomic mass is 9.81. The smallest absolute Gasteiger partial charge is 0.423 e. The number of pyridine rings is 4. The molecule has 10 N–H and O–H groups in total. The molecule has 2 atom stereocenters. The molecule has 0 fully saturated rings. The summed E-state index contributed by atoms with van der Waals surface area (Å²) in [7, 11) is -1.57. The number of fused-ring (bicyclic) bond motifs is 2. The van der Waals surface area contributed by atoms with E-state index in [1.165, 1.54) is 30.7 Å². The second-order valence-corrected chi connectivity index (χ2v) is 17.2. The monoisotopic (exact) mass is 1030 g/mol. The number of H-pyrrole nitrogens is 2. The summed E-state index contributed by atoms with van der Waals surface area (Å²) in [5, 5.41) is 26.3. The zero-order valence-electron chi connectivity index (χ0n) is 40.4. The molecule has 0 radical (unpaired) electrons. The van der Waals surface area contributed by atoms with Crippen LogP contribution in [0, 0.1) is 13.1 Å². The number of nitrogen functional groups attached to an aromatic ring is 2. The Morgan fingerprint density at radius 2 is 1.09 bits per heavy atom. The van der Waals surface area contributed by atoms with Crippen molar-refractivity contribution in [3.05, 3.63) is 239 Å². The lowest BCUT2D eigenvalue weighted by molar-refractivity contribution is 0.425. The summed E-state index contributed by atoms with van der Waals surface area (Å²) in [5.74, 6) is 0.694. The largest absolute Gasteiger partial charge is 0.488 e. The Balaban J connectivity index is 0.000000172. The van der Waals surface area contributed by atoms with Crippen molar-refractivity contribution >= 4 is 80.6 Å². The molecule has 76 heavy (non-hydrogen) atoms. The number of nitrogens with one attached hydrogen (secondary N) is 4. The van der Waals surface area contributed by atoms with Crippen LogP contribution >= 0.6 is 11.6 Å². The van der Waals surface area contributed by atoms with E-state index in [4.69, 9.17) is 46.3 Å². The number of benzene rings is 4. The minimum absolute atomic E-state index is 0.0403. The van der Waals surface area contributed by atoms with Gasteiger partial charge in [0.25, 0.3) is 11.1 Å². The van der Waals surface area contributed by atoms with Gasteiger partial charge in [0.1, 0.15) is 11.6 Å². The van der Waals surface area contributed by atoms with Crippen molar-refractivity contribution in [2.75, 3.05) is 22.1 Å². The van der Waals surface area contributed by atoms with Gasteiger partial charge in [-0.15, -0.1) is 0 Å². The zero-order valence-corrected chi connectivity index (χ0v) is 41.1. The molecule has 0 bridgehead atoms. The molecule has 0 amide bonds. The van der Waals surface area contributed by atoms with E-state index in [1.807, 2.05) is 111 Å². The summed E-state index contributed by atoms with van der Waals surface area (Å²) in [6.45, 7) is 18.5. The predicted octanol–water partition coefficient (Wildman–Crippen LogP) is 7.24. The second kappa shape index (κ2) is 23.1. The number of hydrogen-bond acceptors (Lipinski definition) is 14. The second-order valence-electron chi connectivity index (χ2n) is 16.7. The highest BCUT2D eigenvalue weighted by molar-refractivity contribution is 6.58. The Hall–Kier alpha value is -10.2. The maximum Gasteiger partial charge on any atom is 0.488 e. The molecule has 0 spiro atoms. The molecule has 0 saturated carbocycles.